The number of methoxy groups -OCH3 is 1. The van der Waals surface area contributed by atoms with E-state index in [1.54, 1.807) is 7.11 Å². The van der Waals surface area contributed by atoms with Crippen molar-refractivity contribution in [3.8, 4) is 22.6 Å². The van der Waals surface area contributed by atoms with Gasteiger partial charge in [0.15, 0.2) is 0 Å². The second kappa shape index (κ2) is 7.72. The summed E-state index contributed by atoms with van der Waals surface area (Å²) in [6.07, 6.45) is 0.363. The van der Waals surface area contributed by atoms with Crippen LogP contribution in [0.2, 0.25) is 0 Å². The predicted molar refractivity (Wildman–Crippen MR) is 108 cm³/mol. The average molecular weight is 361 g/mol. The summed E-state index contributed by atoms with van der Waals surface area (Å²) < 4.78 is 10.7. The van der Waals surface area contributed by atoms with Gasteiger partial charge in [0.25, 0.3) is 0 Å². The van der Waals surface area contributed by atoms with Crippen molar-refractivity contribution in [1.29, 1.82) is 0 Å². The molecule has 1 atom stereocenters. The molecule has 1 unspecified atom stereocenters. The fourth-order valence-corrected chi connectivity index (χ4v) is 3.41. The summed E-state index contributed by atoms with van der Waals surface area (Å²) in [5.74, 6) is 1.49. The Morgan fingerprint density at radius 2 is 1.67 bits per heavy atom. The van der Waals surface area contributed by atoms with Gasteiger partial charge in [-0.15, -0.1) is 0 Å². The molecule has 0 aromatic heterocycles. The predicted octanol–water partition coefficient (Wildman–Crippen LogP) is 4.12. The van der Waals surface area contributed by atoms with E-state index in [1.165, 1.54) is 22.3 Å². The van der Waals surface area contributed by atoms with E-state index < -0.39 is 6.10 Å². The summed E-state index contributed by atoms with van der Waals surface area (Å²) in [5.41, 5.74) is 6.35. The minimum Gasteiger partial charge on any atom is -0.497 e. The first-order valence-electron chi connectivity index (χ1n) is 9.13. The van der Waals surface area contributed by atoms with Gasteiger partial charge in [-0.3, -0.25) is 0 Å². The SMILES string of the molecule is COc1ccc(OCC(O)CNc2ccc3c(c2)Cc2ccccc2-3)cc1. The Morgan fingerprint density at radius 1 is 0.926 bits per heavy atom. The quantitative estimate of drug-likeness (QED) is 0.520. The van der Waals surface area contributed by atoms with Gasteiger partial charge >= 0.3 is 0 Å². The van der Waals surface area contributed by atoms with Crippen LogP contribution < -0.4 is 14.8 Å². The van der Waals surface area contributed by atoms with Crippen molar-refractivity contribution in [2.45, 2.75) is 12.5 Å². The summed E-state index contributed by atoms with van der Waals surface area (Å²) in [7, 11) is 1.63. The zero-order chi connectivity index (χ0) is 18.6. The maximum atomic E-state index is 10.2. The molecule has 4 nitrogen and oxygen atoms in total. The van der Waals surface area contributed by atoms with Gasteiger partial charge in [0.05, 0.1) is 7.11 Å². The first-order chi connectivity index (χ1) is 13.2. The molecule has 0 saturated heterocycles. The first kappa shape index (κ1) is 17.4. The summed E-state index contributed by atoms with van der Waals surface area (Å²) in [5, 5.41) is 13.5. The van der Waals surface area contributed by atoms with E-state index in [0.717, 1.165) is 17.9 Å². The van der Waals surface area contributed by atoms with Crippen LogP contribution in [-0.4, -0.2) is 31.5 Å². The standard InChI is InChI=1S/C23H23NO3/c1-26-20-7-9-21(10-8-20)27-15-19(25)14-24-18-6-11-23-17(13-18)12-16-4-2-3-5-22(16)23/h2-11,13,19,24-25H,12,14-15H2,1H3. The molecule has 0 fully saturated rings. The lowest BCUT2D eigenvalue weighted by Crippen LogP contribution is -2.26. The molecule has 0 amide bonds. The van der Waals surface area contributed by atoms with Crippen LogP contribution in [0, 0.1) is 0 Å². The molecule has 2 N–H and O–H groups in total. The second-order valence-corrected chi connectivity index (χ2v) is 6.73. The van der Waals surface area contributed by atoms with Crippen molar-refractivity contribution >= 4 is 5.69 Å². The van der Waals surface area contributed by atoms with E-state index in [9.17, 15) is 5.11 Å². The molecule has 27 heavy (non-hydrogen) atoms. The Bertz CT molecular complexity index is 921. The van der Waals surface area contributed by atoms with E-state index in [2.05, 4.69) is 47.8 Å². The second-order valence-electron chi connectivity index (χ2n) is 6.73. The summed E-state index contributed by atoms with van der Waals surface area (Å²) in [4.78, 5) is 0. The van der Waals surface area contributed by atoms with E-state index in [0.29, 0.717) is 12.3 Å². The molecule has 138 valence electrons. The molecule has 4 rings (SSSR count). The highest BCUT2D eigenvalue weighted by molar-refractivity contribution is 5.78. The van der Waals surface area contributed by atoms with Gasteiger partial charge in [0, 0.05) is 12.2 Å². The van der Waals surface area contributed by atoms with Crippen LogP contribution in [0.15, 0.2) is 66.7 Å². The van der Waals surface area contributed by atoms with Gasteiger partial charge in [-0.25, -0.2) is 0 Å². The maximum Gasteiger partial charge on any atom is 0.119 e. The molecule has 1 aliphatic rings. The van der Waals surface area contributed by atoms with Crippen molar-refractivity contribution in [3.63, 3.8) is 0 Å². The lowest BCUT2D eigenvalue weighted by Gasteiger charge is -2.15. The van der Waals surface area contributed by atoms with Gasteiger partial charge in [-0.05, 0) is 65.1 Å². The molecular formula is C23H23NO3. The van der Waals surface area contributed by atoms with Gasteiger partial charge in [0.2, 0.25) is 0 Å². The third kappa shape index (κ3) is 3.91. The fraction of sp³-hybridized carbons (Fsp3) is 0.217. The molecule has 0 bridgehead atoms. The zero-order valence-corrected chi connectivity index (χ0v) is 15.3. The monoisotopic (exact) mass is 361 g/mol. The van der Waals surface area contributed by atoms with Crippen molar-refractivity contribution in [1.82, 2.24) is 0 Å². The molecular weight excluding hydrogens is 338 g/mol. The van der Waals surface area contributed by atoms with E-state index in [-0.39, 0.29) is 6.61 Å². The molecule has 0 spiro atoms. The Labute approximate surface area is 159 Å². The minimum atomic E-state index is -0.599. The van der Waals surface area contributed by atoms with Crippen LogP contribution >= 0.6 is 0 Å². The number of hydrogen-bond donors (Lipinski definition) is 2. The van der Waals surface area contributed by atoms with Crippen molar-refractivity contribution in [3.05, 3.63) is 77.9 Å². The number of fused-ring (bicyclic) bond motifs is 3. The van der Waals surface area contributed by atoms with Crippen LogP contribution in [-0.2, 0) is 6.42 Å². The highest BCUT2D eigenvalue weighted by atomic mass is 16.5. The molecule has 3 aromatic rings. The van der Waals surface area contributed by atoms with Gasteiger partial charge < -0.3 is 19.9 Å². The average Bonchev–Trinajstić information content (AvgIpc) is 3.09. The van der Waals surface area contributed by atoms with Crippen molar-refractivity contribution in [2.24, 2.45) is 0 Å². The van der Waals surface area contributed by atoms with Crippen LogP contribution in [0.25, 0.3) is 11.1 Å². The largest absolute Gasteiger partial charge is 0.497 e. The molecule has 4 heteroatoms. The van der Waals surface area contributed by atoms with Crippen molar-refractivity contribution < 1.29 is 14.6 Å². The third-order valence-corrected chi connectivity index (χ3v) is 4.84. The highest BCUT2D eigenvalue weighted by Gasteiger charge is 2.17. The maximum absolute atomic E-state index is 10.2. The number of anilines is 1. The lowest BCUT2D eigenvalue weighted by molar-refractivity contribution is 0.117. The van der Waals surface area contributed by atoms with Gasteiger partial charge in [0.1, 0.15) is 24.2 Å². The Balaban J connectivity index is 1.30. The van der Waals surface area contributed by atoms with E-state index in [4.69, 9.17) is 9.47 Å². The lowest BCUT2D eigenvalue weighted by atomic mass is 10.1. The molecule has 3 aromatic carbocycles. The van der Waals surface area contributed by atoms with Gasteiger partial charge in [-0.2, -0.15) is 0 Å². The van der Waals surface area contributed by atoms with Gasteiger partial charge in [-0.1, -0.05) is 30.3 Å². The summed E-state index contributed by atoms with van der Waals surface area (Å²) in [6, 6.07) is 22.3. The number of aliphatic hydroxyl groups is 1. The number of nitrogens with one attached hydrogen (secondary N) is 1. The number of aliphatic hydroxyl groups excluding tert-OH is 1. The molecule has 0 radical (unpaired) electrons. The minimum absolute atomic E-state index is 0.232. The summed E-state index contributed by atoms with van der Waals surface area (Å²) >= 11 is 0. The third-order valence-electron chi connectivity index (χ3n) is 4.84. The fourth-order valence-electron chi connectivity index (χ4n) is 3.41. The Morgan fingerprint density at radius 3 is 2.48 bits per heavy atom. The number of benzene rings is 3. The molecule has 1 aliphatic carbocycles. The van der Waals surface area contributed by atoms with Crippen LogP contribution in [0.4, 0.5) is 5.69 Å². The van der Waals surface area contributed by atoms with E-state index >= 15 is 0 Å². The Kier molecular flexibility index (Phi) is 4.99. The first-order valence-corrected chi connectivity index (χ1v) is 9.13. The normalized spacial score (nSPS) is 12.8. The number of ether oxygens (including phenoxy) is 2. The summed E-state index contributed by atoms with van der Waals surface area (Å²) in [6.45, 7) is 0.664. The van der Waals surface area contributed by atoms with Crippen molar-refractivity contribution in [2.75, 3.05) is 25.6 Å². The topological polar surface area (TPSA) is 50.7 Å². The Hall–Kier alpha value is -2.98. The number of hydrogen-bond acceptors (Lipinski definition) is 4. The highest BCUT2D eigenvalue weighted by Crippen LogP contribution is 2.37. The molecule has 0 saturated carbocycles. The van der Waals surface area contributed by atoms with Crippen LogP contribution in [0.1, 0.15) is 11.1 Å². The molecule has 0 heterocycles. The zero-order valence-electron chi connectivity index (χ0n) is 15.3. The van der Waals surface area contributed by atoms with Crippen LogP contribution in [0.5, 0.6) is 11.5 Å². The molecule has 0 aliphatic heterocycles. The smallest absolute Gasteiger partial charge is 0.119 e. The number of rotatable bonds is 7. The van der Waals surface area contributed by atoms with E-state index in [1.807, 2.05) is 24.3 Å². The van der Waals surface area contributed by atoms with Crippen LogP contribution in [0.3, 0.4) is 0 Å².